The molecule has 1 rings (SSSR count). The molecule has 1 atom stereocenters. The second kappa shape index (κ2) is 4.28. The molecule has 0 aromatic heterocycles. The Labute approximate surface area is 85.1 Å². The van der Waals surface area contributed by atoms with Gasteiger partial charge in [-0.05, 0) is 24.6 Å². The van der Waals surface area contributed by atoms with Gasteiger partial charge in [0.1, 0.15) is 5.60 Å². The zero-order chi connectivity index (χ0) is 10.6. The Morgan fingerprint density at radius 2 is 2.00 bits per heavy atom. The molecule has 2 nitrogen and oxygen atoms in total. The summed E-state index contributed by atoms with van der Waals surface area (Å²) >= 11 is 0. The molecule has 0 bridgehead atoms. The molecule has 0 aliphatic rings. The van der Waals surface area contributed by atoms with E-state index >= 15 is 0 Å². The van der Waals surface area contributed by atoms with Crippen LogP contribution in [0, 0.1) is 12.3 Å². The molecular formula is C12H15NO. The molecule has 0 amide bonds. The summed E-state index contributed by atoms with van der Waals surface area (Å²) in [5.74, 6) is 2.57. The van der Waals surface area contributed by atoms with Gasteiger partial charge >= 0.3 is 0 Å². The van der Waals surface area contributed by atoms with Crippen molar-refractivity contribution in [1.29, 1.82) is 0 Å². The van der Waals surface area contributed by atoms with Crippen molar-refractivity contribution in [2.75, 3.05) is 13.7 Å². The van der Waals surface area contributed by atoms with Crippen molar-refractivity contribution in [2.45, 2.75) is 12.5 Å². The Balaban J connectivity index is 3.02. The number of hydrogen-bond donors (Lipinski definition) is 1. The number of ether oxygens (including phenoxy) is 1. The summed E-state index contributed by atoms with van der Waals surface area (Å²) in [6, 6.07) is 7.68. The molecule has 0 aliphatic heterocycles. The van der Waals surface area contributed by atoms with Crippen molar-refractivity contribution in [3.63, 3.8) is 0 Å². The fourth-order valence-corrected chi connectivity index (χ4v) is 1.24. The van der Waals surface area contributed by atoms with E-state index in [1.54, 1.807) is 7.11 Å². The van der Waals surface area contributed by atoms with E-state index in [0.29, 0.717) is 6.54 Å². The van der Waals surface area contributed by atoms with E-state index < -0.39 is 5.60 Å². The molecule has 2 heteroatoms. The van der Waals surface area contributed by atoms with Crippen LogP contribution in [0.2, 0.25) is 0 Å². The molecule has 0 fully saturated rings. The molecule has 0 radical (unpaired) electrons. The van der Waals surface area contributed by atoms with Gasteiger partial charge in [0.15, 0.2) is 0 Å². The van der Waals surface area contributed by atoms with Crippen molar-refractivity contribution < 1.29 is 4.74 Å². The molecule has 1 unspecified atom stereocenters. The van der Waals surface area contributed by atoms with Crippen LogP contribution in [0.25, 0.3) is 0 Å². The van der Waals surface area contributed by atoms with Gasteiger partial charge in [0.25, 0.3) is 0 Å². The van der Waals surface area contributed by atoms with E-state index in [9.17, 15) is 0 Å². The van der Waals surface area contributed by atoms with Crippen LogP contribution in [0.15, 0.2) is 24.3 Å². The lowest BCUT2D eigenvalue weighted by molar-refractivity contribution is 0.0101. The normalized spacial score (nSPS) is 14.4. The largest absolute Gasteiger partial charge is 0.372 e. The van der Waals surface area contributed by atoms with Gasteiger partial charge in [-0.3, -0.25) is 0 Å². The van der Waals surface area contributed by atoms with Crippen LogP contribution in [0.3, 0.4) is 0 Å². The molecule has 0 saturated heterocycles. The number of methoxy groups -OCH3 is 1. The highest BCUT2D eigenvalue weighted by Crippen LogP contribution is 2.23. The van der Waals surface area contributed by atoms with Crippen LogP contribution in [-0.2, 0) is 10.3 Å². The Bertz CT molecular complexity index is 330. The minimum Gasteiger partial charge on any atom is -0.372 e. The first-order chi connectivity index (χ1) is 6.66. The number of terminal acetylenes is 1. The van der Waals surface area contributed by atoms with Crippen molar-refractivity contribution in [3.8, 4) is 12.3 Å². The topological polar surface area (TPSA) is 35.2 Å². The van der Waals surface area contributed by atoms with Crippen LogP contribution in [-0.4, -0.2) is 13.7 Å². The maximum atomic E-state index is 5.65. The minimum absolute atomic E-state index is 0.423. The lowest BCUT2D eigenvalue weighted by atomic mass is 9.95. The summed E-state index contributed by atoms with van der Waals surface area (Å²) in [5.41, 5.74) is 7.14. The van der Waals surface area contributed by atoms with Crippen LogP contribution in [0.4, 0.5) is 0 Å². The van der Waals surface area contributed by atoms with Gasteiger partial charge in [-0.1, -0.05) is 18.1 Å². The highest BCUT2D eigenvalue weighted by Gasteiger charge is 2.23. The predicted molar refractivity (Wildman–Crippen MR) is 57.8 cm³/mol. The third kappa shape index (κ3) is 1.95. The van der Waals surface area contributed by atoms with Crippen LogP contribution < -0.4 is 5.73 Å². The van der Waals surface area contributed by atoms with Gasteiger partial charge in [-0.15, -0.1) is 6.42 Å². The van der Waals surface area contributed by atoms with Crippen molar-refractivity contribution >= 4 is 0 Å². The highest BCUT2D eigenvalue weighted by molar-refractivity contribution is 5.36. The van der Waals surface area contributed by atoms with E-state index in [4.69, 9.17) is 16.9 Å². The standard InChI is InChI=1S/C12H15NO/c1-4-10-5-7-11(8-6-10)12(2,9-13)14-3/h1,5-8H,9,13H2,2-3H3. The molecular weight excluding hydrogens is 174 g/mol. The van der Waals surface area contributed by atoms with Crippen molar-refractivity contribution in [3.05, 3.63) is 35.4 Å². The first-order valence-corrected chi connectivity index (χ1v) is 4.48. The summed E-state index contributed by atoms with van der Waals surface area (Å²) in [4.78, 5) is 0. The number of nitrogens with two attached hydrogens (primary N) is 1. The van der Waals surface area contributed by atoms with Crippen LogP contribution in [0.5, 0.6) is 0 Å². The average molecular weight is 189 g/mol. The Morgan fingerprint density at radius 3 is 2.36 bits per heavy atom. The fraction of sp³-hybridized carbons (Fsp3) is 0.333. The summed E-state index contributed by atoms with van der Waals surface area (Å²) in [7, 11) is 1.65. The van der Waals surface area contributed by atoms with E-state index in [2.05, 4.69) is 5.92 Å². The molecule has 0 spiro atoms. The van der Waals surface area contributed by atoms with E-state index in [-0.39, 0.29) is 0 Å². The summed E-state index contributed by atoms with van der Waals surface area (Å²) in [6.07, 6.45) is 5.27. The SMILES string of the molecule is C#Cc1ccc(C(C)(CN)OC)cc1. The average Bonchev–Trinajstić information content (AvgIpc) is 2.28. The van der Waals surface area contributed by atoms with Crippen molar-refractivity contribution in [1.82, 2.24) is 0 Å². The summed E-state index contributed by atoms with van der Waals surface area (Å²) < 4.78 is 5.37. The monoisotopic (exact) mass is 189 g/mol. The zero-order valence-electron chi connectivity index (χ0n) is 8.58. The van der Waals surface area contributed by atoms with Crippen LogP contribution in [0.1, 0.15) is 18.1 Å². The molecule has 74 valence electrons. The zero-order valence-corrected chi connectivity index (χ0v) is 8.58. The van der Waals surface area contributed by atoms with Gasteiger partial charge in [0, 0.05) is 19.2 Å². The van der Waals surface area contributed by atoms with E-state index in [0.717, 1.165) is 11.1 Å². The van der Waals surface area contributed by atoms with E-state index in [1.165, 1.54) is 0 Å². The molecule has 1 aromatic carbocycles. The Morgan fingerprint density at radius 1 is 1.43 bits per heavy atom. The minimum atomic E-state index is -0.423. The van der Waals surface area contributed by atoms with Gasteiger partial charge in [-0.25, -0.2) is 0 Å². The smallest absolute Gasteiger partial charge is 0.102 e. The maximum absolute atomic E-state index is 5.65. The maximum Gasteiger partial charge on any atom is 0.102 e. The number of rotatable bonds is 3. The van der Waals surface area contributed by atoms with Gasteiger partial charge in [-0.2, -0.15) is 0 Å². The second-order valence-electron chi connectivity index (χ2n) is 3.36. The third-order valence-electron chi connectivity index (χ3n) is 2.50. The van der Waals surface area contributed by atoms with Gasteiger partial charge in [0.05, 0.1) is 0 Å². The molecule has 0 saturated carbocycles. The third-order valence-corrected chi connectivity index (χ3v) is 2.50. The van der Waals surface area contributed by atoms with Crippen LogP contribution >= 0.6 is 0 Å². The molecule has 1 aromatic rings. The van der Waals surface area contributed by atoms with E-state index in [1.807, 2.05) is 31.2 Å². The highest BCUT2D eigenvalue weighted by atomic mass is 16.5. The lowest BCUT2D eigenvalue weighted by Gasteiger charge is -2.26. The predicted octanol–water partition coefficient (Wildman–Crippen LogP) is 1.49. The fourth-order valence-electron chi connectivity index (χ4n) is 1.24. The summed E-state index contributed by atoms with van der Waals surface area (Å²) in [6.45, 7) is 2.40. The summed E-state index contributed by atoms with van der Waals surface area (Å²) in [5, 5.41) is 0. The Kier molecular flexibility index (Phi) is 3.29. The molecule has 2 N–H and O–H groups in total. The van der Waals surface area contributed by atoms with Crippen molar-refractivity contribution in [2.24, 2.45) is 5.73 Å². The number of hydrogen-bond acceptors (Lipinski definition) is 2. The first kappa shape index (κ1) is 10.8. The Hall–Kier alpha value is -1.30. The van der Waals surface area contributed by atoms with Gasteiger partial charge < -0.3 is 10.5 Å². The first-order valence-electron chi connectivity index (χ1n) is 4.48. The molecule has 0 heterocycles. The molecule has 0 aliphatic carbocycles. The quantitative estimate of drug-likeness (QED) is 0.731. The number of benzene rings is 1. The molecule has 14 heavy (non-hydrogen) atoms. The lowest BCUT2D eigenvalue weighted by Crippen LogP contribution is -2.33. The second-order valence-corrected chi connectivity index (χ2v) is 3.36. The van der Waals surface area contributed by atoms with Gasteiger partial charge in [0.2, 0.25) is 0 Å².